The molecule has 1 amide bonds. The van der Waals surface area contributed by atoms with Crippen LogP contribution in [0.4, 0.5) is 0 Å². The zero-order valence-electron chi connectivity index (χ0n) is 14.4. The molecule has 5 heteroatoms. The van der Waals surface area contributed by atoms with Crippen LogP contribution in [0.3, 0.4) is 0 Å². The summed E-state index contributed by atoms with van der Waals surface area (Å²) >= 11 is 0. The molecule has 1 aliphatic rings. The molecule has 1 atom stereocenters. The molecule has 0 aliphatic carbocycles. The van der Waals surface area contributed by atoms with Crippen LogP contribution in [0.15, 0.2) is 36.5 Å². The van der Waals surface area contributed by atoms with Gasteiger partial charge in [-0.05, 0) is 36.6 Å². The Morgan fingerprint density at radius 2 is 2.17 bits per heavy atom. The second-order valence-corrected chi connectivity index (χ2v) is 6.39. The maximum absolute atomic E-state index is 13.0. The minimum absolute atomic E-state index is 0.0235. The van der Waals surface area contributed by atoms with Gasteiger partial charge in [0, 0.05) is 18.7 Å². The molecule has 2 heterocycles. The fourth-order valence-corrected chi connectivity index (χ4v) is 3.12. The normalized spacial score (nSPS) is 17.3. The van der Waals surface area contributed by atoms with Crippen molar-refractivity contribution in [2.45, 2.75) is 38.6 Å². The molecule has 24 heavy (non-hydrogen) atoms. The molecule has 0 unspecified atom stereocenters. The van der Waals surface area contributed by atoms with E-state index in [2.05, 4.69) is 16.0 Å². The van der Waals surface area contributed by atoms with Crippen LogP contribution >= 0.6 is 0 Å². The number of benzene rings is 1. The summed E-state index contributed by atoms with van der Waals surface area (Å²) in [5.74, 6) is 1.70. The number of carbonyl (C=O) groups is 1. The fourth-order valence-electron chi connectivity index (χ4n) is 3.12. The Balaban J connectivity index is 1.87. The van der Waals surface area contributed by atoms with Gasteiger partial charge in [0.15, 0.2) is 0 Å². The molecular formula is C19H23N3O2. The Labute approximate surface area is 142 Å². The van der Waals surface area contributed by atoms with E-state index in [1.54, 1.807) is 19.4 Å². The van der Waals surface area contributed by atoms with Crippen molar-refractivity contribution in [3.63, 3.8) is 0 Å². The van der Waals surface area contributed by atoms with Crippen molar-refractivity contribution < 1.29 is 9.53 Å². The van der Waals surface area contributed by atoms with E-state index < -0.39 is 0 Å². The molecule has 0 saturated carbocycles. The molecule has 0 N–H and O–H groups in total. The molecule has 2 aromatic rings. The van der Waals surface area contributed by atoms with E-state index in [-0.39, 0.29) is 17.9 Å². The highest BCUT2D eigenvalue weighted by molar-refractivity contribution is 5.92. The van der Waals surface area contributed by atoms with Gasteiger partial charge in [0.25, 0.3) is 5.91 Å². The average molecular weight is 325 g/mol. The number of likely N-dealkylation sites (tertiary alicyclic amines) is 1. The maximum Gasteiger partial charge on any atom is 0.273 e. The smallest absolute Gasteiger partial charge is 0.273 e. The second kappa shape index (κ2) is 6.99. The third-order valence-corrected chi connectivity index (χ3v) is 4.40. The predicted molar refractivity (Wildman–Crippen MR) is 92.1 cm³/mol. The summed E-state index contributed by atoms with van der Waals surface area (Å²) in [5.41, 5.74) is 1.59. The van der Waals surface area contributed by atoms with Gasteiger partial charge < -0.3 is 9.64 Å². The van der Waals surface area contributed by atoms with Crippen LogP contribution in [0.2, 0.25) is 0 Å². The minimum atomic E-state index is -0.0235. The van der Waals surface area contributed by atoms with Gasteiger partial charge in [-0.25, -0.2) is 9.97 Å². The number of carbonyl (C=O) groups excluding carboxylic acids is 1. The van der Waals surface area contributed by atoms with Crippen molar-refractivity contribution in [1.82, 2.24) is 14.9 Å². The number of methoxy groups -OCH3 is 1. The SMILES string of the molecule is COc1cccc([C@H]2CCCN2C(=O)c2ccnc(C(C)C)n2)c1. The Morgan fingerprint density at radius 1 is 1.33 bits per heavy atom. The molecule has 1 saturated heterocycles. The first-order valence-corrected chi connectivity index (χ1v) is 8.38. The third kappa shape index (κ3) is 3.25. The van der Waals surface area contributed by atoms with Gasteiger partial charge in [-0.2, -0.15) is 0 Å². The van der Waals surface area contributed by atoms with E-state index in [1.807, 2.05) is 36.9 Å². The number of hydrogen-bond donors (Lipinski definition) is 0. The standard InChI is InChI=1S/C19H23N3O2/c1-13(2)18-20-10-9-16(21-18)19(23)22-11-5-8-17(22)14-6-4-7-15(12-14)24-3/h4,6-7,9-10,12-13,17H,5,8,11H2,1-3H3/t17-/m1/s1. The lowest BCUT2D eigenvalue weighted by molar-refractivity contribution is 0.0729. The van der Waals surface area contributed by atoms with Gasteiger partial charge in [0.1, 0.15) is 17.3 Å². The Bertz CT molecular complexity index is 730. The predicted octanol–water partition coefficient (Wildman–Crippen LogP) is 3.59. The number of hydrogen-bond acceptors (Lipinski definition) is 4. The fraction of sp³-hybridized carbons (Fsp3) is 0.421. The number of ether oxygens (including phenoxy) is 1. The van der Waals surface area contributed by atoms with Crippen molar-refractivity contribution in [1.29, 1.82) is 0 Å². The van der Waals surface area contributed by atoms with Crippen LogP contribution < -0.4 is 4.74 Å². The van der Waals surface area contributed by atoms with Crippen molar-refractivity contribution in [3.8, 4) is 5.75 Å². The van der Waals surface area contributed by atoms with Crippen LogP contribution in [0, 0.1) is 0 Å². The first-order chi connectivity index (χ1) is 11.6. The number of aromatic nitrogens is 2. The monoisotopic (exact) mass is 325 g/mol. The van der Waals surface area contributed by atoms with Crippen LogP contribution in [0.5, 0.6) is 5.75 Å². The van der Waals surface area contributed by atoms with E-state index in [0.717, 1.165) is 30.7 Å². The molecule has 1 aliphatic heterocycles. The molecular weight excluding hydrogens is 302 g/mol. The largest absolute Gasteiger partial charge is 0.497 e. The Hall–Kier alpha value is -2.43. The highest BCUT2D eigenvalue weighted by Crippen LogP contribution is 2.34. The van der Waals surface area contributed by atoms with E-state index >= 15 is 0 Å². The summed E-state index contributed by atoms with van der Waals surface area (Å²) in [4.78, 5) is 23.6. The number of nitrogens with zero attached hydrogens (tertiary/aromatic N) is 3. The first kappa shape index (κ1) is 16.4. The molecule has 126 valence electrons. The Kier molecular flexibility index (Phi) is 4.79. The van der Waals surface area contributed by atoms with Gasteiger partial charge in [-0.3, -0.25) is 4.79 Å². The van der Waals surface area contributed by atoms with Crippen molar-refractivity contribution >= 4 is 5.91 Å². The third-order valence-electron chi connectivity index (χ3n) is 4.40. The quantitative estimate of drug-likeness (QED) is 0.862. The van der Waals surface area contributed by atoms with Crippen LogP contribution in [0.25, 0.3) is 0 Å². The maximum atomic E-state index is 13.0. The molecule has 1 aromatic carbocycles. The molecule has 0 radical (unpaired) electrons. The highest BCUT2D eigenvalue weighted by atomic mass is 16.5. The van der Waals surface area contributed by atoms with Crippen LogP contribution in [-0.4, -0.2) is 34.4 Å². The summed E-state index contributed by atoms with van der Waals surface area (Å²) in [6, 6.07) is 9.73. The van der Waals surface area contributed by atoms with E-state index in [9.17, 15) is 4.79 Å². The van der Waals surface area contributed by atoms with Crippen molar-refractivity contribution in [2.75, 3.05) is 13.7 Å². The lowest BCUT2D eigenvalue weighted by atomic mass is 10.0. The topological polar surface area (TPSA) is 55.3 Å². The highest BCUT2D eigenvalue weighted by Gasteiger charge is 2.31. The van der Waals surface area contributed by atoms with Crippen LogP contribution in [0.1, 0.15) is 60.5 Å². The van der Waals surface area contributed by atoms with Crippen molar-refractivity contribution in [2.24, 2.45) is 0 Å². The van der Waals surface area contributed by atoms with E-state index in [1.165, 1.54) is 0 Å². The molecule has 0 spiro atoms. The summed E-state index contributed by atoms with van der Waals surface area (Å²) in [6.45, 7) is 4.80. The lowest BCUT2D eigenvalue weighted by Gasteiger charge is -2.25. The van der Waals surface area contributed by atoms with Gasteiger partial charge in [0.2, 0.25) is 0 Å². The summed E-state index contributed by atoms with van der Waals surface area (Å²) in [5, 5.41) is 0. The van der Waals surface area contributed by atoms with E-state index in [4.69, 9.17) is 4.74 Å². The van der Waals surface area contributed by atoms with Crippen LogP contribution in [-0.2, 0) is 0 Å². The van der Waals surface area contributed by atoms with Gasteiger partial charge in [-0.1, -0.05) is 26.0 Å². The number of amides is 1. The lowest BCUT2D eigenvalue weighted by Crippen LogP contribution is -2.31. The molecule has 5 nitrogen and oxygen atoms in total. The summed E-state index contributed by atoms with van der Waals surface area (Å²) in [7, 11) is 1.66. The molecule has 0 bridgehead atoms. The van der Waals surface area contributed by atoms with Gasteiger partial charge in [0.05, 0.1) is 13.2 Å². The number of rotatable bonds is 4. The van der Waals surface area contributed by atoms with Gasteiger partial charge in [-0.15, -0.1) is 0 Å². The first-order valence-electron chi connectivity index (χ1n) is 8.38. The summed E-state index contributed by atoms with van der Waals surface area (Å²) in [6.07, 6.45) is 3.63. The van der Waals surface area contributed by atoms with Crippen molar-refractivity contribution in [3.05, 3.63) is 53.6 Å². The van der Waals surface area contributed by atoms with E-state index in [0.29, 0.717) is 11.5 Å². The molecule has 3 rings (SSSR count). The second-order valence-electron chi connectivity index (χ2n) is 6.39. The molecule has 1 fully saturated rings. The minimum Gasteiger partial charge on any atom is -0.497 e. The zero-order valence-corrected chi connectivity index (χ0v) is 14.4. The summed E-state index contributed by atoms with van der Waals surface area (Å²) < 4.78 is 5.31. The molecule has 1 aromatic heterocycles. The zero-order chi connectivity index (χ0) is 17.1. The Morgan fingerprint density at radius 3 is 2.92 bits per heavy atom. The average Bonchev–Trinajstić information content (AvgIpc) is 3.11. The van der Waals surface area contributed by atoms with Gasteiger partial charge >= 0.3 is 0 Å².